The van der Waals surface area contributed by atoms with Crippen LogP contribution in [0.15, 0.2) is 77.9 Å². The van der Waals surface area contributed by atoms with Gasteiger partial charge in [0.2, 0.25) is 5.95 Å². The quantitative estimate of drug-likeness (QED) is 0.603. The molecule has 4 aromatic rings. The highest BCUT2D eigenvalue weighted by Gasteiger charge is 2.13. The summed E-state index contributed by atoms with van der Waals surface area (Å²) in [7, 11) is 0. The number of hydrogen-bond acceptors (Lipinski definition) is 4. The first-order valence-corrected chi connectivity index (χ1v) is 8.05. The van der Waals surface area contributed by atoms with E-state index < -0.39 is 0 Å². The molecule has 0 bridgehead atoms. The molecule has 2 heterocycles. The Balaban J connectivity index is 1.99. The first kappa shape index (κ1) is 15.4. The number of nitrogens with one attached hydrogen (secondary N) is 1. The summed E-state index contributed by atoms with van der Waals surface area (Å²) in [6, 6.07) is 18.2. The van der Waals surface area contributed by atoms with E-state index in [-0.39, 0.29) is 5.56 Å². The largest absolute Gasteiger partial charge is 0.325 e. The molecule has 5 nitrogen and oxygen atoms in total. The van der Waals surface area contributed by atoms with Gasteiger partial charge < -0.3 is 5.32 Å². The molecule has 0 saturated carbocycles. The zero-order chi connectivity index (χ0) is 17.2. The van der Waals surface area contributed by atoms with Crippen molar-refractivity contribution in [2.24, 2.45) is 0 Å². The lowest BCUT2D eigenvalue weighted by Crippen LogP contribution is -2.22. The van der Waals surface area contributed by atoms with Gasteiger partial charge in [-0.1, -0.05) is 29.8 Å². The van der Waals surface area contributed by atoms with Gasteiger partial charge in [0.25, 0.3) is 5.56 Å². The summed E-state index contributed by atoms with van der Waals surface area (Å²) in [6.45, 7) is 0. The van der Waals surface area contributed by atoms with Gasteiger partial charge in [-0.25, -0.2) is 9.55 Å². The fourth-order valence-corrected chi connectivity index (χ4v) is 2.80. The molecule has 1 N–H and O–H groups in total. The fraction of sp³-hybridized carbons (Fsp3) is 0. The monoisotopic (exact) mass is 348 g/mol. The molecule has 0 saturated heterocycles. The molecule has 0 unspecified atom stereocenters. The van der Waals surface area contributed by atoms with Crippen LogP contribution in [0, 0.1) is 0 Å². The Bertz CT molecular complexity index is 1090. The maximum Gasteiger partial charge on any atom is 0.267 e. The minimum atomic E-state index is -0.197. The fourth-order valence-electron chi connectivity index (χ4n) is 2.62. The lowest BCUT2D eigenvalue weighted by Gasteiger charge is -2.15. The molecule has 0 aliphatic heterocycles. The van der Waals surface area contributed by atoms with E-state index in [1.54, 1.807) is 42.7 Å². The highest BCUT2D eigenvalue weighted by Crippen LogP contribution is 2.21. The third-order valence-corrected chi connectivity index (χ3v) is 4.02. The van der Waals surface area contributed by atoms with E-state index in [1.807, 2.05) is 30.3 Å². The Morgan fingerprint density at radius 3 is 2.48 bits per heavy atom. The second-order valence-electron chi connectivity index (χ2n) is 5.43. The Labute approximate surface area is 148 Å². The molecule has 0 atom stereocenters. The standard InChI is InChI=1S/C19H13ClN4O/c20-13-6-7-17-16(12-13)18(25)24(15-8-10-21-11-9-15)19(23-17)22-14-4-2-1-3-5-14/h1-12H,(H,22,23). The van der Waals surface area contributed by atoms with Crippen molar-refractivity contribution in [2.75, 3.05) is 5.32 Å². The first-order valence-electron chi connectivity index (χ1n) is 7.67. The topological polar surface area (TPSA) is 59.8 Å². The van der Waals surface area contributed by atoms with Crippen molar-refractivity contribution in [1.29, 1.82) is 0 Å². The molecule has 0 radical (unpaired) electrons. The van der Waals surface area contributed by atoms with E-state index >= 15 is 0 Å². The van der Waals surface area contributed by atoms with Crippen molar-refractivity contribution in [1.82, 2.24) is 14.5 Å². The highest BCUT2D eigenvalue weighted by atomic mass is 35.5. The number of aromatic nitrogens is 3. The molecule has 0 amide bonds. The molecular weight excluding hydrogens is 336 g/mol. The molecule has 6 heteroatoms. The van der Waals surface area contributed by atoms with Gasteiger partial charge in [0, 0.05) is 23.1 Å². The molecule has 0 spiro atoms. The lowest BCUT2D eigenvalue weighted by atomic mass is 10.2. The Kier molecular flexibility index (Phi) is 3.91. The van der Waals surface area contributed by atoms with Gasteiger partial charge in [-0.3, -0.25) is 9.78 Å². The van der Waals surface area contributed by atoms with Gasteiger partial charge in [0.1, 0.15) is 0 Å². The summed E-state index contributed by atoms with van der Waals surface area (Å²) in [5.41, 5.74) is 1.90. The van der Waals surface area contributed by atoms with E-state index in [9.17, 15) is 4.79 Å². The third-order valence-electron chi connectivity index (χ3n) is 3.78. The molecule has 2 aromatic heterocycles. The Hall–Kier alpha value is -3.18. The molecule has 2 aromatic carbocycles. The van der Waals surface area contributed by atoms with Crippen LogP contribution in [-0.4, -0.2) is 14.5 Å². The normalized spacial score (nSPS) is 10.8. The molecule has 0 aliphatic carbocycles. The van der Waals surface area contributed by atoms with Crippen LogP contribution in [0.3, 0.4) is 0 Å². The summed E-state index contributed by atoms with van der Waals surface area (Å²) < 4.78 is 1.52. The number of nitrogens with zero attached hydrogens (tertiary/aromatic N) is 3. The van der Waals surface area contributed by atoms with Crippen LogP contribution in [0.2, 0.25) is 5.02 Å². The first-order chi connectivity index (χ1) is 12.2. The van der Waals surface area contributed by atoms with Gasteiger partial charge in [-0.15, -0.1) is 0 Å². The average Bonchev–Trinajstić information content (AvgIpc) is 2.64. The van der Waals surface area contributed by atoms with Crippen LogP contribution in [0.5, 0.6) is 0 Å². The number of halogens is 1. The van der Waals surface area contributed by atoms with Crippen molar-refractivity contribution in [2.45, 2.75) is 0 Å². The summed E-state index contributed by atoms with van der Waals surface area (Å²) in [4.78, 5) is 21.7. The molecule has 4 rings (SSSR count). The van der Waals surface area contributed by atoms with E-state index in [1.165, 1.54) is 4.57 Å². The summed E-state index contributed by atoms with van der Waals surface area (Å²) in [6.07, 6.45) is 3.27. The van der Waals surface area contributed by atoms with Crippen molar-refractivity contribution in [3.63, 3.8) is 0 Å². The number of para-hydroxylation sites is 1. The molecule has 122 valence electrons. The predicted molar refractivity (Wildman–Crippen MR) is 99.9 cm³/mol. The highest BCUT2D eigenvalue weighted by molar-refractivity contribution is 6.31. The number of benzene rings is 2. The van der Waals surface area contributed by atoms with Gasteiger partial charge in [-0.2, -0.15) is 0 Å². The summed E-state index contributed by atoms with van der Waals surface area (Å²) in [5.74, 6) is 0.428. The number of hydrogen-bond donors (Lipinski definition) is 1. The van der Waals surface area contributed by atoms with E-state index in [4.69, 9.17) is 11.6 Å². The second-order valence-corrected chi connectivity index (χ2v) is 5.87. The van der Waals surface area contributed by atoms with Gasteiger partial charge >= 0.3 is 0 Å². The van der Waals surface area contributed by atoms with Crippen molar-refractivity contribution in [3.8, 4) is 5.69 Å². The average molecular weight is 349 g/mol. The molecule has 0 aliphatic rings. The second kappa shape index (κ2) is 6.37. The van der Waals surface area contributed by atoms with Gasteiger partial charge in [-0.05, 0) is 42.5 Å². The van der Waals surface area contributed by atoms with E-state index in [2.05, 4.69) is 15.3 Å². The van der Waals surface area contributed by atoms with Gasteiger partial charge in [0.05, 0.1) is 16.6 Å². The molecular formula is C19H13ClN4O. The van der Waals surface area contributed by atoms with Crippen LogP contribution >= 0.6 is 11.6 Å². The molecule has 0 fully saturated rings. The smallest absolute Gasteiger partial charge is 0.267 e. The Morgan fingerprint density at radius 1 is 0.960 bits per heavy atom. The summed E-state index contributed by atoms with van der Waals surface area (Å²) in [5, 5.41) is 4.17. The maximum atomic E-state index is 13.1. The third kappa shape index (κ3) is 2.97. The zero-order valence-corrected chi connectivity index (χ0v) is 13.8. The Morgan fingerprint density at radius 2 is 1.72 bits per heavy atom. The van der Waals surface area contributed by atoms with Crippen molar-refractivity contribution in [3.05, 3.63) is 88.4 Å². The van der Waals surface area contributed by atoms with Crippen molar-refractivity contribution < 1.29 is 0 Å². The molecule has 25 heavy (non-hydrogen) atoms. The minimum absolute atomic E-state index is 0.197. The number of fused-ring (bicyclic) bond motifs is 1. The van der Waals surface area contributed by atoms with E-state index in [0.717, 1.165) is 5.69 Å². The number of pyridine rings is 1. The number of rotatable bonds is 3. The lowest BCUT2D eigenvalue weighted by molar-refractivity contribution is 0.969. The maximum absolute atomic E-state index is 13.1. The van der Waals surface area contributed by atoms with E-state index in [0.29, 0.717) is 27.6 Å². The van der Waals surface area contributed by atoms with Crippen molar-refractivity contribution >= 4 is 34.1 Å². The van der Waals surface area contributed by atoms with Crippen LogP contribution in [0.4, 0.5) is 11.6 Å². The minimum Gasteiger partial charge on any atom is -0.325 e. The van der Waals surface area contributed by atoms with Crippen LogP contribution < -0.4 is 10.9 Å². The van der Waals surface area contributed by atoms with Gasteiger partial charge in [0.15, 0.2) is 0 Å². The number of anilines is 2. The zero-order valence-electron chi connectivity index (χ0n) is 13.1. The SMILES string of the molecule is O=c1c2cc(Cl)ccc2nc(Nc2ccccc2)n1-c1ccncc1. The van der Waals surface area contributed by atoms with Crippen LogP contribution in [0.1, 0.15) is 0 Å². The van der Waals surface area contributed by atoms with Crippen LogP contribution in [-0.2, 0) is 0 Å². The predicted octanol–water partition coefficient (Wildman–Crippen LogP) is 4.18. The summed E-state index contributed by atoms with van der Waals surface area (Å²) >= 11 is 6.06. The van der Waals surface area contributed by atoms with Crippen LogP contribution in [0.25, 0.3) is 16.6 Å².